The van der Waals surface area contributed by atoms with Crippen LogP contribution in [-0.4, -0.2) is 17.9 Å². The van der Waals surface area contributed by atoms with Crippen molar-refractivity contribution in [2.24, 2.45) is 0 Å². The standard InChI is InChI=1S/C20H23FN2O2/c1-14(2)22-20(25)19(16-6-4-3-5-7-16)23-18(24)13-10-15-8-11-17(21)12-9-15/h3-9,11-12,14,19H,10,13H2,1-2H3,(H,22,25)(H,23,24). The topological polar surface area (TPSA) is 58.2 Å². The Labute approximate surface area is 147 Å². The van der Waals surface area contributed by atoms with Gasteiger partial charge in [0.15, 0.2) is 0 Å². The van der Waals surface area contributed by atoms with Crippen molar-refractivity contribution in [3.8, 4) is 0 Å². The molecule has 0 aliphatic heterocycles. The van der Waals surface area contributed by atoms with Crippen molar-refractivity contribution in [3.05, 3.63) is 71.5 Å². The third kappa shape index (κ3) is 6.03. The molecule has 0 radical (unpaired) electrons. The number of benzene rings is 2. The number of nitrogens with one attached hydrogen (secondary N) is 2. The van der Waals surface area contributed by atoms with E-state index >= 15 is 0 Å². The van der Waals surface area contributed by atoms with E-state index in [-0.39, 0.29) is 30.1 Å². The van der Waals surface area contributed by atoms with Gasteiger partial charge in [-0.15, -0.1) is 0 Å². The first-order valence-corrected chi connectivity index (χ1v) is 8.35. The molecule has 2 aromatic carbocycles. The maximum absolute atomic E-state index is 12.9. The Morgan fingerprint density at radius 1 is 0.960 bits per heavy atom. The summed E-state index contributed by atoms with van der Waals surface area (Å²) in [6.07, 6.45) is 0.712. The molecule has 1 unspecified atom stereocenters. The van der Waals surface area contributed by atoms with Crippen LogP contribution in [0.25, 0.3) is 0 Å². The summed E-state index contributed by atoms with van der Waals surface area (Å²) in [5, 5.41) is 5.63. The first kappa shape index (κ1) is 18.6. The van der Waals surface area contributed by atoms with E-state index in [1.165, 1.54) is 12.1 Å². The van der Waals surface area contributed by atoms with Crippen molar-refractivity contribution in [3.63, 3.8) is 0 Å². The molecule has 0 aromatic heterocycles. The Bertz CT molecular complexity index is 699. The predicted molar refractivity (Wildman–Crippen MR) is 95.3 cm³/mol. The van der Waals surface area contributed by atoms with Gasteiger partial charge in [0.1, 0.15) is 11.9 Å². The molecule has 0 aliphatic carbocycles. The summed E-state index contributed by atoms with van der Waals surface area (Å²) >= 11 is 0. The lowest BCUT2D eigenvalue weighted by molar-refractivity contribution is -0.129. The van der Waals surface area contributed by atoms with Gasteiger partial charge in [-0.25, -0.2) is 4.39 Å². The minimum atomic E-state index is -0.732. The lowest BCUT2D eigenvalue weighted by atomic mass is 10.0. The van der Waals surface area contributed by atoms with Crippen LogP contribution in [0, 0.1) is 5.82 Å². The molecule has 0 aliphatic rings. The number of rotatable bonds is 7. The second-order valence-electron chi connectivity index (χ2n) is 6.20. The molecule has 1 atom stereocenters. The molecule has 2 rings (SSSR count). The Morgan fingerprint density at radius 2 is 1.60 bits per heavy atom. The van der Waals surface area contributed by atoms with Gasteiger partial charge in [0.2, 0.25) is 11.8 Å². The number of carbonyl (C=O) groups excluding carboxylic acids is 2. The van der Waals surface area contributed by atoms with Crippen LogP contribution in [0.15, 0.2) is 54.6 Å². The average molecular weight is 342 g/mol. The number of aryl methyl sites for hydroxylation is 1. The normalized spacial score (nSPS) is 11.8. The second kappa shape index (κ2) is 8.97. The average Bonchev–Trinajstić information content (AvgIpc) is 2.59. The van der Waals surface area contributed by atoms with E-state index in [0.717, 1.165) is 11.1 Å². The van der Waals surface area contributed by atoms with Gasteiger partial charge in [-0.2, -0.15) is 0 Å². The summed E-state index contributed by atoms with van der Waals surface area (Å²) in [6.45, 7) is 3.74. The first-order valence-electron chi connectivity index (χ1n) is 8.35. The molecule has 0 fully saturated rings. The zero-order chi connectivity index (χ0) is 18.2. The second-order valence-corrected chi connectivity index (χ2v) is 6.20. The largest absolute Gasteiger partial charge is 0.352 e. The number of amides is 2. The third-order valence-electron chi connectivity index (χ3n) is 3.69. The highest BCUT2D eigenvalue weighted by atomic mass is 19.1. The summed E-state index contributed by atoms with van der Waals surface area (Å²) in [6, 6.07) is 14.4. The van der Waals surface area contributed by atoms with Crippen molar-refractivity contribution in [1.29, 1.82) is 0 Å². The third-order valence-corrected chi connectivity index (χ3v) is 3.69. The molecule has 2 aromatic rings. The Hall–Kier alpha value is -2.69. The van der Waals surface area contributed by atoms with Gasteiger partial charge in [0, 0.05) is 12.5 Å². The molecular formula is C20H23FN2O2. The van der Waals surface area contributed by atoms with Gasteiger partial charge in [0.05, 0.1) is 0 Å². The van der Waals surface area contributed by atoms with E-state index < -0.39 is 6.04 Å². The smallest absolute Gasteiger partial charge is 0.247 e. The number of carbonyl (C=O) groups is 2. The zero-order valence-electron chi connectivity index (χ0n) is 14.5. The number of halogens is 1. The van der Waals surface area contributed by atoms with E-state index in [2.05, 4.69) is 10.6 Å². The Balaban J connectivity index is 2.01. The molecule has 4 nitrogen and oxygen atoms in total. The minimum Gasteiger partial charge on any atom is -0.352 e. The summed E-state index contributed by atoms with van der Waals surface area (Å²) in [4.78, 5) is 24.7. The number of hydrogen-bond donors (Lipinski definition) is 2. The van der Waals surface area contributed by atoms with Crippen LogP contribution in [0.3, 0.4) is 0 Å². The fourth-order valence-electron chi connectivity index (χ4n) is 2.46. The fourth-order valence-corrected chi connectivity index (χ4v) is 2.46. The van der Waals surface area contributed by atoms with Gasteiger partial charge in [0.25, 0.3) is 0 Å². The highest BCUT2D eigenvalue weighted by Crippen LogP contribution is 2.14. The molecule has 2 N–H and O–H groups in total. The van der Waals surface area contributed by atoms with Crippen molar-refractivity contribution >= 4 is 11.8 Å². The first-order chi connectivity index (χ1) is 12.0. The summed E-state index contributed by atoms with van der Waals surface area (Å²) in [7, 11) is 0. The van der Waals surface area contributed by atoms with E-state index in [1.54, 1.807) is 12.1 Å². The van der Waals surface area contributed by atoms with Gasteiger partial charge in [-0.3, -0.25) is 9.59 Å². The molecule has 0 saturated carbocycles. The zero-order valence-corrected chi connectivity index (χ0v) is 14.5. The van der Waals surface area contributed by atoms with Gasteiger partial charge < -0.3 is 10.6 Å². The Kier molecular flexibility index (Phi) is 6.69. The van der Waals surface area contributed by atoms with Crippen molar-refractivity contribution in [2.75, 3.05) is 0 Å². The van der Waals surface area contributed by atoms with Crippen molar-refractivity contribution in [2.45, 2.75) is 38.8 Å². The predicted octanol–water partition coefficient (Wildman–Crippen LogP) is 3.14. The highest BCUT2D eigenvalue weighted by molar-refractivity contribution is 5.88. The lowest BCUT2D eigenvalue weighted by Gasteiger charge is -2.20. The maximum Gasteiger partial charge on any atom is 0.247 e. The maximum atomic E-state index is 12.9. The van der Waals surface area contributed by atoms with Crippen LogP contribution in [0.2, 0.25) is 0 Å². The highest BCUT2D eigenvalue weighted by Gasteiger charge is 2.22. The van der Waals surface area contributed by atoms with E-state index in [4.69, 9.17) is 0 Å². The molecular weight excluding hydrogens is 319 g/mol. The quantitative estimate of drug-likeness (QED) is 0.812. The summed E-state index contributed by atoms with van der Waals surface area (Å²) in [5.41, 5.74) is 1.61. The van der Waals surface area contributed by atoms with Crippen LogP contribution < -0.4 is 10.6 Å². The van der Waals surface area contributed by atoms with Crippen molar-refractivity contribution < 1.29 is 14.0 Å². The van der Waals surface area contributed by atoms with Gasteiger partial charge in [-0.1, -0.05) is 42.5 Å². The molecule has 5 heteroatoms. The van der Waals surface area contributed by atoms with Gasteiger partial charge >= 0.3 is 0 Å². The molecule has 132 valence electrons. The van der Waals surface area contributed by atoms with Crippen molar-refractivity contribution in [1.82, 2.24) is 10.6 Å². The lowest BCUT2D eigenvalue weighted by Crippen LogP contribution is -2.42. The Morgan fingerprint density at radius 3 is 2.20 bits per heavy atom. The SMILES string of the molecule is CC(C)NC(=O)C(NC(=O)CCc1ccc(F)cc1)c1ccccc1. The van der Waals surface area contributed by atoms with Crippen LogP contribution in [0.1, 0.15) is 37.4 Å². The van der Waals surface area contributed by atoms with Crippen LogP contribution in [-0.2, 0) is 16.0 Å². The fraction of sp³-hybridized carbons (Fsp3) is 0.300. The van der Waals surface area contributed by atoms with E-state index in [1.807, 2.05) is 44.2 Å². The molecule has 0 saturated heterocycles. The van der Waals surface area contributed by atoms with Gasteiger partial charge in [-0.05, 0) is 43.5 Å². The van der Waals surface area contributed by atoms with Crippen LogP contribution in [0.4, 0.5) is 4.39 Å². The molecule has 2 amide bonds. The van der Waals surface area contributed by atoms with Crippen LogP contribution in [0.5, 0.6) is 0 Å². The van der Waals surface area contributed by atoms with E-state index in [9.17, 15) is 14.0 Å². The molecule has 0 heterocycles. The molecule has 0 spiro atoms. The minimum absolute atomic E-state index is 0.0187. The summed E-state index contributed by atoms with van der Waals surface area (Å²) in [5.74, 6) is -0.767. The molecule has 0 bridgehead atoms. The number of hydrogen-bond acceptors (Lipinski definition) is 2. The summed E-state index contributed by atoms with van der Waals surface area (Å²) < 4.78 is 12.9. The van der Waals surface area contributed by atoms with E-state index in [0.29, 0.717) is 6.42 Å². The molecule has 25 heavy (non-hydrogen) atoms. The monoisotopic (exact) mass is 342 g/mol. The van der Waals surface area contributed by atoms with Crippen LogP contribution >= 0.6 is 0 Å².